The number of hydrogen-bond donors (Lipinski definition) is 0. The first-order valence-corrected chi connectivity index (χ1v) is 8.71. The third kappa shape index (κ3) is 3.90. The number of aryl methyl sites for hydroxylation is 1. The van der Waals surface area contributed by atoms with Crippen LogP contribution in [0.4, 0.5) is 0 Å². The largest absolute Gasteiger partial charge is 0.381 e. The van der Waals surface area contributed by atoms with Gasteiger partial charge in [-0.25, -0.2) is 0 Å². The van der Waals surface area contributed by atoms with Crippen molar-refractivity contribution in [3.8, 4) is 0 Å². The average Bonchev–Trinajstić information content (AvgIpc) is 2.98. The van der Waals surface area contributed by atoms with Gasteiger partial charge in [-0.15, -0.1) is 0 Å². The molecule has 2 heterocycles. The Morgan fingerprint density at radius 1 is 1.09 bits per heavy atom. The lowest BCUT2D eigenvalue weighted by molar-refractivity contribution is 0.0736. The van der Waals surface area contributed by atoms with Gasteiger partial charge in [0.25, 0.3) is 0 Å². The second-order valence-corrected chi connectivity index (χ2v) is 6.37. The Labute approximate surface area is 133 Å². The van der Waals surface area contributed by atoms with Crippen LogP contribution in [0.3, 0.4) is 0 Å². The van der Waals surface area contributed by atoms with E-state index in [9.17, 15) is 0 Å². The monoisotopic (exact) mass is 300 g/mol. The van der Waals surface area contributed by atoms with Crippen molar-refractivity contribution in [1.29, 1.82) is 0 Å². The molecule has 0 radical (unpaired) electrons. The van der Waals surface area contributed by atoms with Gasteiger partial charge in [0.05, 0.1) is 0 Å². The second kappa shape index (κ2) is 7.80. The van der Waals surface area contributed by atoms with Crippen LogP contribution in [0, 0.1) is 5.92 Å². The van der Waals surface area contributed by atoms with E-state index in [2.05, 4.69) is 52.9 Å². The number of ether oxygens (including phenoxy) is 1. The lowest BCUT2D eigenvalue weighted by Crippen LogP contribution is -2.36. The Kier molecular flexibility index (Phi) is 5.52. The summed E-state index contributed by atoms with van der Waals surface area (Å²) in [6.45, 7) is 8.71. The summed E-state index contributed by atoms with van der Waals surface area (Å²) < 4.78 is 7.94. The highest BCUT2D eigenvalue weighted by molar-refractivity contribution is 5.79. The number of aromatic nitrogens is 1. The van der Waals surface area contributed by atoms with Crippen molar-refractivity contribution in [2.75, 3.05) is 32.8 Å². The highest BCUT2D eigenvalue weighted by atomic mass is 16.5. The zero-order valence-electron chi connectivity index (χ0n) is 13.7. The SMILES string of the molecule is CCOCC1CCN(CCCn2ccc3ccccc32)CC1. The molecule has 22 heavy (non-hydrogen) atoms. The van der Waals surface area contributed by atoms with Crippen molar-refractivity contribution in [3.63, 3.8) is 0 Å². The van der Waals surface area contributed by atoms with Gasteiger partial charge in [0.2, 0.25) is 0 Å². The van der Waals surface area contributed by atoms with Crippen molar-refractivity contribution in [2.45, 2.75) is 32.7 Å². The molecule has 0 atom stereocenters. The molecule has 0 N–H and O–H groups in total. The van der Waals surface area contributed by atoms with Crippen LogP contribution < -0.4 is 0 Å². The minimum absolute atomic E-state index is 0.782. The minimum Gasteiger partial charge on any atom is -0.381 e. The maximum atomic E-state index is 5.56. The van der Waals surface area contributed by atoms with Gasteiger partial charge in [-0.2, -0.15) is 0 Å². The molecule has 0 amide bonds. The molecule has 3 heteroatoms. The normalized spacial score (nSPS) is 17.3. The fourth-order valence-corrected chi connectivity index (χ4v) is 3.46. The Morgan fingerprint density at radius 2 is 1.91 bits per heavy atom. The lowest BCUT2D eigenvalue weighted by Gasteiger charge is -2.31. The van der Waals surface area contributed by atoms with Crippen molar-refractivity contribution in [2.24, 2.45) is 5.92 Å². The summed E-state index contributed by atoms with van der Waals surface area (Å²) in [5, 5.41) is 1.35. The number of para-hydroxylation sites is 1. The third-order valence-electron chi connectivity index (χ3n) is 4.82. The quantitative estimate of drug-likeness (QED) is 0.774. The molecule has 0 unspecified atom stereocenters. The highest BCUT2D eigenvalue weighted by Gasteiger charge is 2.18. The van der Waals surface area contributed by atoms with Gasteiger partial charge in [-0.1, -0.05) is 18.2 Å². The lowest BCUT2D eigenvalue weighted by atomic mass is 9.98. The summed E-state index contributed by atoms with van der Waals surface area (Å²) >= 11 is 0. The molecule has 0 aliphatic carbocycles. The van der Waals surface area contributed by atoms with Crippen molar-refractivity contribution in [3.05, 3.63) is 36.5 Å². The Balaban J connectivity index is 1.41. The van der Waals surface area contributed by atoms with E-state index in [0.29, 0.717) is 0 Å². The molecular formula is C19H28N2O. The van der Waals surface area contributed by atoms with E-state index in [4.69, 9.17) is 4.74 Å². The van der Waals surface area contributed by atoms with Gasteiger partial charge < -0.3 is 14.2 Å². The first-order valence-electron chi connectivity index (χ1n) is 8.71. The zero-order valence-corrected chi connectivity index (χ0v) is 13.7. The number of likely N-dealkylation sites (tertiary alicyclic amines) is 1. The predicted octanol–water partition coefficient (Wildman–Crippen LogP) is 3.78. The van der Waals surface area contributed by atoms with Gasteiger partial charge in [0, 0.05) is 31.5 Å². The van der Waals surface area contributed by atoms with Gasteiger partial charge in [-0.05, 0) is 69.3 Å². The molecule has 1 aromatic heterocycles. The highest BCUT2D eigenvalue weighted by Crippen LogP contribution is 2.19. The van der Waals surface area contributed by atoms with Crippen LogP contribution in [0.25, 0.3) is 10.9 Å². The maximum absolute atomic E-state index is 5.56. The number of rotatable bonds is 7. The molecule has 1 fully saturated rings. The summed E-state index contributed by atoms with van der Waals surface area (Å²) in [7, 11) is 0. The molecule has 3 nitrogen and oxygen atoms in total. The first-order chi connectivity index (χ1) is 10.9. The first kappa shape index (κ1) is 15.6. The van der Waals surface area contributed by atoms with Gasteiger partial charge in [-0.3, -0.25) is 0 Å². The maximum Gasteiger partial charge on any atom is 0.0495 e. The van der Waals surface area contributed by atoms with E-state index < -0.39 is 0 Å². The second-order valence-electron chi connectivity index (χ2n) is 6.37. The van der Waals surface area contributed by atoms with Crippen LogP contribution in [0.15, 0.2) is 36.5 Å². The fraction of sp³-hybridized carbons (Fsp3) is 0.579. The van der Waals surface area contributed by atoms with Crippen LogP contribution in [0.2, 0.25) is 0 Å². The number of fused-ring (bicyclic) bond motifs is 1. The Hall–Kier alpha value is -1.32. The van der Waals surface area contributed by atoms with E-state index in [1.807, 2.05) is 0 Å². The summed E-state index contributed by atoms with van der Waals surface area (Å²) in [6.07, 6.45) is 6.05. The summed E-state index contributed by atoms with van der Waals surface area (Å²) in [5.41, 5.74) is 1.36. The molecule has 0 bridgehead atoms. The van der Waals surface area contributed by atoms with Crippen LogP contribution in [-0.2, 0) is 11.3 Å². The molecule has 120 valence electrons. The average molecular weight is 300 g/mol. The molecule has 1 saturated heterocycles. The molecule has 1 aromatic carbocycles. The Bertz CT molecular complexity index is 570. The predicted molar refractivity (Wildman–Crippen MR) is 92.2 cm³/mol. The van der Waals surface area contributed by atoms with Gasteiger partial charge >= 0.3 is 0 Å². The van der Waals surface area contributed by atoms with Crippen molar-refractivity contribution < 1.29 is 4.74 Å². The number of benzene rings is 1. The number of piperidine rings is 1. The topological polar surface area (TPSA) is 17.4 Å². The van der Waals surface area contributed by atoms with E-state index in [0.717, 1.165) is 25.7 Å². The molecule has 0 saturated carbocycles. The minimum atomic E-state index is 0.782. The molecule has 2 aromatic rings. The molecule has 1 aliphatic heterocycles. The van der Waals surface area contributed by atoms with Gasteiger partial charge in [0.1, 0.15) is 0 Å². The fourth-order valence-electron chi connectivity index (χ4n) is 3.46. The third-order valence-corrected chi connectivity index (χ3v) is 4.82. The summed E-state index contributed by atoms with van der Waals surface area (Å²) in [5.74, 6) is 0.782. The molecule has 1 aliphatic rings. The van der Waals surface area contributed by atoms with Crippen LogP contribution in [0.1, 0.15) is 26.2 Å². The zero-order chi connectivity index (χ0) is 15.2. The summed E-state index contributed by atoms with van der Waals surface area (Å²) in [6, 6.07) is 10.9. The Morgan fingerprint density at radius 3 is 2.73 bits per heavy atom. The van der Waals surface area contributed by atoms with Crippen LogP contribution >= 0.6 is 0 Å². The van der Waals surface area contributed by atoms with E-state index in [-0.39, 0.29) is 0 Å². The van der Waals surface area contributed by atoms with E-state index >= 15 is 0 Å². The number of hydrogen-bond acceptors (Lipinski definition) is 2. The smallest absolute Gasteiger partial charge is 0.0495 e. The molecular weight excluding hydrogens is 272 g/mol. The van der Waals surface area contributed by atoms with Gasteiger partial charge in [0.15, 0.2) is 0 Å². The van der Waals surface area contributed by atoms with Crippen LogP contribution in [0.5, 0.6) is 0 Å². The van der Waals surface area contributed by atoms with E-state index in [1.165, 1.54) is 49.8 Å². The molecule has 0 spiro atoms. The van der Waals surface area contributed by atoms with E-state index in [1.54, 1.807) is 0 Å². The summed E-state index contributed by atoms with van der Waals surface area (Å²) in [4.78, 5) is 2.62. The van der Waals surface area contributed by atoms with Crippen molar-refractivity contribution in [1.82, 2.24) is 9.47 Å². The standard InChI is InChI=1S/C19H28N2O/c1-2-22-16-17-8-13-20(14-9-17)11-5-12-21-15-10-18-6-3-4-7-19(18)21/h3-4,6-7,10,15,17H,2,5,8-9,11-14,16H2,1H3. The van der Waals surface area contributed by atoms with Crippen molar-refractivity contribution >= 4 is 10.9 Å². The van der Waals surface area contributed by atoms with Crippen LogP contribution in [-0.4, -0.2) is 42.3 Å². The molecule has 3 rings (SSSR count). The number of nitrogens with zero attached hydrogens (tertiary/aromatic N) is 2.